The minimum atomic E-state index is 0.000321. The molecule has 1 aliphatic carbocycles. The molecule has 1 saturated carbocycles. The SMILES string of the molecule is C[C@@H]1CCC[C@H](C(=O)/C=C2\NC(C)(C)Cc3ccccc32)C1. The molecule has 2 atom stereocenters. The number of allylic oxidation sites excluding steroid dienone is 1. The third kappa shape index (κ3) is 3.26. The van der Waals surface area contributed by atoms with Gasteiger partial charge in [0.25, 0.3) is 0 Å². The average molecular weight is 297 g/mol. The van der Waals surface area contributed by atoms with Crippen LogP contribution in [0.25, 0.3) is 5.70 Å². The van der Waals surface area contributed by atoms with Gasteiger partial charge in [-0.2, -0.15) is 0 Å². The molecule has 1 aromatic rings. The van der Waals surface area contributed by atoms with Crippen molar-refractivity contribution in [3.8, 4) is 0 Å². The Labute approximate surface area is 134 Å². The van der Waals surface area contributed by atoms with Crippen LogP contribution in [-0.2, 0) is 11.2 Å². The van der Waals surface area contributed by atoms with E-state index in [1.165, 1.54) is 24.0 Å². The Kier molecular flexibility index (Phi) is 4.12. The van der Waals surface area contributed by atoms with Crippen LogP contribution in [0.5, 0.6) is 0 Å². The monoisotopic (exact) mass is 297 g/mol. The first-order valence-electron chi connectivity index (χ1n) is 8.56. The Morgan fingerprint density at radius 2 is 2.05 bits per heavy atom. The number of fused-ring (bicyclic) bond motifs is 1. The van der Waals surface area contributed by atoms with Crippen LogP contribution in [-0.4, -0.2) is 11.3 Å². The number of ketones is 1. The van der Waals surface area contributed by atoms with Crippen molar-refractivity contribution in [2.45, 2.75) is 58.4 Å². The lowest BCUT2D eigenvalue weighted by Gasteiger charge is -2.36. The van der Waals surface area contributed by atoms with Crippen LogP contribution in [0.15, 0.2) is 30.3 Å². The highest BCUT2D eigenvalue weighted by atomic mass is 16.1. The molecule has 0 aromatic heterocycles. The molecule has 0 bridgehead atoms. The van der Waals surface area contributed by atoms with Crippen molar-refractivity contribution >= 4 is 11.5 Å². The van der Waals surface area contributed by atoms with Gasteiger partial charge in [0, 0.05) is 28.8 Å². The average Bonchev–Trinajstić information content (AvgIpc) is 2.46. The second-order valence-corrected chi connectivity index (χ2v) is 7.77. The summed E-state index contributed by atoms with van der Waals surface area (Å²) in [6.45, 7) is 6.66. The van der Waals surface area contributed by atoms with Crippen molar-refractivity contribution < 1.29 is 4.79 Å². The van der Waals surface area contributed by atoms with Gasteiger partial charge in [-0.15, -0.1) is 0 Å². The summed E-state index contributed by atoms with van der Waals surface area (Å²) in [5.74, 6) is 1.21. The maximum atomic E-state index is 12.7. The first-order chi connectivity index (χ1) is 10.4. The minimum Gasteiger partial charge on any atom is -0.379 e. The van der Waals surface area contributed by atoms with Crippen LogP contribution in [0.1, 0.15) is 57.6 Å². The van der Waals surface area contributed by atoms with Crippen molar-refractivity contribution in [2.24, 2.45) is 11.8 Å². The smallest absolute Gasteiger partial charge is 0.160 e. The predicted molar refractivity (Wildman–Crippen MR) is 91.5 cm³/mol. The number of nitrogens with one attached hydrogen (secondary N) is 1. The van der Waals surface area contributed by atoms with Gasteiger partial charge in [0.05, 0.1) is 0 Å². The second-order valence-electron chi connectivity index (χ2n) is 7.77. The maximum Gasteiger partial charge on any atom is 0.160 e. The lowest BCUT2D eigenvalue weighted by atomic mass is 9.79. The Morgan fingerprint density at radius 3 is 2.82 bits per heavy atom. The number of carbonyl (C=O) groups is 1. The van der Waals surface area contributed by atoms with Crippen LogP contribution >= 0.6 is 0 Å². The summed E-state index contributed by atoms with van der Waals surface area (Å²) in [7, 11) is 0. The van der Waals surface area contributed by atoms with Gasteiger partial charge in [0.2, 0.25) is 0 Å². The fourth-order valence-corrected chi connectivity index (χ4v) is 3.96. The normalized spacial score (nSPS) is 28.8. The van der Waals surface area contributed by atoms with Crippen molar-refractivity contribution in [1.82, 2.24) is 5.32 Å². The van der Waals surface area contributed by atoms with Crippen molar-refractivity contribution in [3.05, 3.63) is 41.5 Å². The summed E-state index contributed by atoms with van der Waals surface area (Å²) in [6, 6.07) is 8.45. The molecule has 1 heterocycles. The molecule has 1 fully saturated rings. The zero-order chi connectivity index (χ0) is 15.7. The quantitative estimate of drug-likeness (QED) is 0.822. The minimum absolute atomic E-state index is 0.000321. The van der Waals surface area contributed by atoms with Gasteiger partial charge in [-0.05, 0) is 44.6 Å². The van der Waals surface area contributed by atoms with Gasteiger partial charge in [-0.1, -0.05) is 44.0 Å². The van der Waals surface area contributed by atoms with E-state index >= 15 is 0 Å². The van der Waals surface area contributed by atoms with E-state index in [1.807, 2.05) is 6.08 Å². The standard InChI is InChI=1S/C20H27NO/c1-14-7-6-9-15(11-14)19(22)12-18-17-10-5-4-8-16(17)13-20(2,3)21-18/h4-5,8,10,12,14-15,21H,6-7,9,11,13H2,1-3H3/b18-12-/t14-,15+/m1/s1. The van der Waals surface area contributed by atoms with Gasteiger partial charge in [0.15, 0.2) is 5.78 Å². The first-order valence-corrected chi connectivity index (χ1v) is 8.56. The fraction of sp³-hybridized carbons (Fsp3) is 0.550. The van der Waals surface area contributed by atoms with Crippen LogP contribution in [0.4, 0.5) is 0 Å². The lowest BCUT2D eigenvalue weighted by Crippen LogP contribution is -2.44. The lowest BCUT2D eigenvalue weighted by molar-refractivity contribution is -0.119. The summed E-state index contributed by atoms with van der Waals surface area (Å²) in [5.41, 5.74) is 3.54. The van der Waals surface area contributed by atoms with E-state index in [9.17, 15) is 4.79 Å². The molecular formula is C20H27NO. The number of hydrogen-bond acceptors (Lipinski definition) is 2. The van der Waals surface area contributed by atoms with Crippen LogP contribution in [0.3, 0.4) is 0 Å². The van der Waals surface area contributed by atoms with E-state index in [4.69, 9.17) is 0 Å². The second kappa shape index (κ2) is 5.91. The summed E-state index contributed by atoms with van der Waals surface area (Å²) in [6.07, 6.45) is 7.44. The van der Waals surface area contributed by atoms with Gasteiger partial charge in [-0.3, -0.25) is 4.79 Å². The molecular weight excluding hydrogens is 270 g/mol. The highest BCUT2D eigenvalue weighted by molar-refractivity contribution is 5.98. The van der Waals surface area contributed by atoms with Gasteiger partial charge >= 0.3 is 0 Å². The molecule has 1 N–H and O–H groups in total. The molecule has 118 valence electrons. The van der Waals surface area contributed by atoms with E-state index < -0.39 is 0 Å². The molecule has 2 heteroatoms. The molecule has 22 heavy (non-hydrogen) atoms. The zero-order valence-electron chi connectivity index (χ0n) is 14.0. The van der Waals surface area contributed by atoms with E-state index in [0.717, 1.165) is 25.0 Å². The van der Waals surface area contributed by atoms with Gasteiger partial charge in [0.1, 0.15) is 0 Å². The number of hydrogen-bond donors (Lipinski definition) is 1. The fourth-order valence-electron chi connectivity index (χ4n) is 3.96. The summed E-state index contributed by atoms with van der Waals surface area (Å²) >= 11 is 0. The Bertz CT molecular complexity index is 599. The molecule has 0 unspecified atom stereocenters. The number of rotatable bonds is 2. The summed E-state index contributed by atoms with van der Waals surface area (Å²) < 4.78 is 0. The molecule has 0 radical (unpaired) electrons. The van der Waals surface area contributed by atoms with Crippen LogP contribution in [0, 0.1) is 11.8 Å². The molecule has 0 saturated heterocycles. The molecule has 0 amide bonds. The molecule has 1 aliphatic heterocycles. The molecule has 2 nitrogen and oxygen atoms in total. The van der Waals surface area contributed by atoms with E-state index in [1.54, 1.807) is 0 Å². The van der Waals surface area contributed by atoms with Gasteiger partial charge in [-0.25, -0.2) is 0 Å². The van der Waals surface area contributed by atoms with Crippen LogP contribution < -0.4 is 5.32 Å². The first kappa shape index (κ1) is 15.3. The summed E-state index contributed by atoms with van der Waals surface area (Å²) in [5, 5.41) is 3.57. The maximum absolute atomic E-state index is 12.7. The topological polar surface area (TPSA) is 29.1 Å². The van der Waals surface area contributed by atoms with Gasteiger partial charge < -0.3 is 5.32 Å². The zero-order valence-corrected chi connectivity index (χ0v) is 14.0. The van der Waals surface area contributed by atoms with Crippen molar-refractivity contribution in [3.63, 3.8) is 0 Å². The molecule has 1 aromatic carbocycles. The predicted octanol–water partition coefficient (Wildman–Crippen LogP) is 4.35. The highest BCUT2D eigenvalue weighted by Gasteiger charge is 2.29. The van der Waals surface area contributed by atoms with Crippen LogP contribution in [0.2, 0.25) is 0 Å². The molecule has 0 spiro atoms. The summed E-state index contributed by atoms with van der Waals surface area (Å²) in [4.78, 5) is 12.7. The Balaban J connectivity index is 1.88. The van der Waals surface area contributed by atoms with E-state index in [2.05, 4.69) is 50.4 Å². The molecule has 3 rings (SSSR count). The molecule has 2 aliphatic rings. The number of benzene rings is 1. The Morgan fingerprint density at radius 1 is 1.27 bits per heavy atom. The Hall–Kier alpha value is -1.57. The van der Waals surface area contributed by atoms with E-state index in [0.29, 0.717) is 11.7 Å². The van der Waals surface area contributed by atoms with E-state index in [-0.39, 0.29) is 11.5 Å². The number of carbonyl (C=O) groups excluding carboxylic acids is 1. The van der Waals surface area contributed by atoms with Crippen molar-refractivity contribution in [2.75, 3.05) is 0 Å². The third-order valence-corrected chi connectivity index (χ3v) is 5.04. The third-order valence-electron chi connectivity index (χ3n) is 5.04. The highest BCUT2D eigenvalue weighted by Crippen LogP contribution is 2.32. The largest absolute Gasteiger partial charge is 0.379 e. The van der Waals surface area contributed by atoms with Crippen molar-refractivity contribution in [1.29, 1.82) is 0 Å².